The van der Waals surface area contributed by atoms with Gasteiger partial charge in [-0.1, -0.05) is 6.07 Å². The van der Waals surface area contributed by atoms with Crippen LogP contribution in [0.2, 0.25) is 0 Å². The number of nitro groups is 1. The van der Waals surface area contributed by atoms with Gasteiger partial charge in [0.05, 0.1) is 4.92 Å². The lowest BCUT2D eigenvalue weighted by molar-refractivity contribution is -0.384. The maximum atomic E-state index is 10.9. The molecule has 0 aliphatic carbocycles. The molecule has 0 fully saturated rings. The molecule has 8 nitrogen and oxygen atoms in total. The summed E-state index contributed by atoms with van der Waals surface area (Å²) in [4.78, 5) is 18.6. The quantitative estimate of drug-likeness (QED) is 0.430. The molecule has 0 aliphatic heterocycles. The zero-order valence-corrected chi connectivity index (χ0v) is 10.8. The Morgan fingerprint density at radius 1 is 1.35 bits per heavy atom. The van der Waals surface area contributed by atoms with Gasteiger partial charge in [0.2, 0.25) is 5.82 Å². The lowest BCUT2D eigenvalue weighted by Gasteiger charge is -2.08. The Balaban J connectivity index is 2.18. The number of hydrogen-bond acceptors (Lipinski definition) is 7. The predicted octanol–water partition coefficient (Wildman–Crippen LogP) is 1.59. The largest absolute Gasteiger partial charge is 0.360 e. The molecule has 0 spiro atoms. The van der Waals surface area contributed by atoms with Gasteiger partial charge in [0.1, 0.15) is 5.82 Å². The van der Waals surface area contributed by atoms with Gasteiger partial charge in [0.15, 0.2) is 0 Å². The minimum absolute atomic E-state index is 0.107. The molecule has 20 heavy (non-hydrogen) atoms. The number of aromatic nitrogens is 2. The highest BCUT2D eigenvalue weighted by Crippen LogP contribution is 2.24. The standard InChI is InChI=1S/C12H14N6O2/c1-8-2-3-9(6-14-8)7-15-12-10(18(19)20)4-5-11(16-12)17-13/h2-6H,7,13H2,1H3,(H2,15,16,17). The lowest BCUT2D eigenvalue weighted by Crippen LogP contribution is -2.11. The van der Waals surface area contributed by atoms with Crippen molar-refractivity contribution in [3.8, 4) is 0 Å². The molecule has 2 rings (SSSR count). The molecule has 0 radical (unpaired) electrons. The summed E-state index contributed by atoms with van der Waals surface area (Å²) in [5.41, 5.74) is 4.06. The van der Waals surface area contributed by atoms with Crippen molar-refractivity contribution in [3.63, 3.8) is 0 Å². The number of nitrogen functional groups attached to an aromatic ring is 1. The molecule has 0 amide bonds. The van der Waals surface area contributed by atoms with E-state index in [1.807, 2.05) is 19.1 Å². The first-order valence-corrected chi connectivity index (χ1v) is 5.87. The first-order valence-electron chi connectivity index (χ1n) is 5.87. The van der Waals surface area contributed by atoms with E-state index in [2.05, 4.69) is 20.7 Å². The minimum atomic E-state index is -0.497. The van der Waals surface area contributed by atoms with Gasteiger partial charge < -0.3 is 10.7 Å². The second-order valence-electron chi connectivity index (χ2n) is 4.13. The number of nitrogens with two attached hydrogens (primary N) is 1. The Bertz CT molecular complexity index is 614. The van der Waals surface area contributed by atoms with Crippen LogP contribution >= 0.6 is 0 Å². The molecule has 2 aromatic rings. The van der Waals surface area contributed by atoms with Gasteiger partial charge in [-0.25, -0.2) is 10.8 Å². The summed E-state index contributed by atoms with van der Waals surface area (Å²) in [6, 6.07) is 6.55. The van der Waals surface area contributed by atoms with Gasteiger partial charge in [0.25, 0.3) is 0 Å². The highest BCUT2D eigenvalue weighted by Gasteiger charge is 2.15. The van der Waals surface area contributed by atoms with Gasteiger partial charge in [-0.15, -0.1) is 0 Å². The fraction of sp³-hybridized carbons (Fsp3) is 0.167. The summed E-state index contributed by atoms with van der Waals surface area (Å²) < 4.78 is 0. The molecule has 4 N–H and O–H groups in total. The zero-order chi connectivity index (χ0) is 14.5. The first-order chi connectivity index (χ1) is 9.60. The highest BCUT2D eigenvalue weighted by molar-refractivity contribution is 5.60. The minimum Gasteiger partial charge on any atom is -0.360 e. The molecule has 8 heteroatoms. The molecule has 0 unspecified atom stereocenters. The first kappa shape index (κ1) is 13.7. The van der Waals surface area contributed by atoms with E-state index in [-0.39, 0.29) is 11.5 Å². The third-order valence-corrected chi connectivity index (χ3v) is 2.65. The van der Waals surface area contributed by atoms with E-state index < -0.39 is 4.92 Å². The van der Waals surface area contributed by atoms with Crippen LogP contribution in [0.25, 0.3) is 0 Å². The molecule has 0 saturated carbocycles. The molecule has 2 aromatic heterocycles. The van der Waals surface area contributed by atoms with Gasteiger partial charge in [-0.3, -0.25) is 15.1 Å². The Labute approximate surface area is 115 Å². The normalized spacial score (nSPS) is 10.1. The fourth-order valence-electron chi connectivity index (χ4n) is 1.60. The van der Waals surface area contributed by atoms with Crippen molar-refractivity contribution in [2.24, 2.45) is 5.84 Å². The number of nitrogens with one attached hydrogen (secondary N) is 2. The lowest BCUT2D eigenvalue weighted by atomic mass is 10.2. The van der Waals surface area contributed by atoms with Crippen LogP contribution in [0, 0.1) is 17.0 Å². The molecule has 0 atom stereocenters. The highest BCUT2D eigenvalue weighted by atomic mass is 16.6. The SMILES string of the molecule is Cc1ccc(CNc2nc(NN)ccc2[N+](=O)[O-])cn1. The van der Waals surface area contributed by atoms with Crippen LogP contribution in [-0.2, 0) is 6.54 Å². The molecule has 0 aromatic carbocycles. The molecule has 104 valence electrons. The number of hydrazine groups is 1. The van der Waals surface area contributed by atoms with Crippen molar-refractivity contribution in [1.82, 2.24) is 9.97 Å². The number of nitrogens with zero attached hydrogens (tertiary/aromatic N) is 3. The van der Waals surface area contributed by atoms with Crippen LogP contribution in [-0.4, -0.2) is 14.9 Å². The maximum absolute atomic E-state index is 10.9. The molecular weight excluding hydrogens is 260 g/mol. The second-order valence-corrected chi connectivity index (χ2v) is 4.13. The summed E-state index contributed by atoms with van der Waals surface area (Å²) in [5, 5.41) is 13.9. The van der Waals surface area contributed by atoms with Crippen molar-refractivity contribution in [1.29, 1.82) is 0 Å². The van der Waals surface area contributed by atoms with Gasteiger partial charge in [-0.2, -0.15) is 0 Å². The maximum Gasteiger partial charge on any atom is 0.311 e. The summed E-state index contributed by atoms with van der Waals surface area (Å²) in [6.45, 7) is 2.27. The van der Waals surface area contributed by atoms with Gasteiger partial charge in [-0.05, 0) is 24.6 Å². The van der Waals surface area contributed by atoms with Crippen LogP contribution in [0.1, 0.15) is 11.3 Å². The monoisotopic (exact) mass is 274 g/mol. The Hall–Kier alpha value is -2.74. The van der Waals surface area contributed by atoms with Crippen molar-refractivity contribution < 1.29 is 4.92 Å². The summed E-state index contributed by atoms with van der Waals surface area (Å²) >= 11 is 0. The summed E-state index contributed by atoms with van der Waals surface area (Å²) in [7, 11) is 0. The number of anilines is 2. The summed E-state index contributed by atoms with van der Waals surface area (Å²) in [5.74, 6) is 5.75. The smallest absolute Gasteiger partial charge is 0.311 e. The Morgan fingerprint density at radius 3 is 2.75 bits per heavy atom. The fourth-order valence-corrected chi connectivity index (χ4v) is 1.60. The molecule has 2 heterocycles. The predicted molar refractivity (Wildman–Crippen MR) is 75.0 cm³/mol. The van der Waals surface area contributed by atoms with E-state index in [0.29, 0.717) is 12.4 Å². The van der Waals surface area contributed by atoms with Gasteiger partial charge in [0, 0.05) is 24.5 Å². The van der Waals surface area contributed by atoms with E-state index in [1.165, 1.54) is 12.1 Å². The van der Waals surface area contributed by atoms with Crippen molar-refractivity contribution in [2.45, 2.75) is 13.5 Å². The molecule has 0 bridgehead atoms. The zero-order valence-electron chi connectivity index (χ0n) is 10.8. The van der Waals surface area contributed by atoms with Crippen LogP contribution < -0.4 is 16.6 Å². The van der Waals surface area contributed by atoms with E-state index in [1.54, 1.807) is 6.20 Å². The van der Waals surface area contributed by atoms with Crippen molar-refractivity contribution >= 4 is 17.3 Å². The number of pyridine rings is 2. The van der Waals surface area contributed by atoms with Gasteiger partial charge >= 0.3 is 5.69 Å². The summed E-state index contributed by atoms with van der Waals surface area (Å²) in [6.07, 6.45) is 1.71. The average Bonchev–Trinajstić information content (AvgIpc) is 2.46. The van der Waals surface area contributed by atoms with Crippen molar-refractivity contribution in [2.75, 3.05) is 10.7 Å². The van der Waals surface area contributed by atoms with Crippen LogP contribution in [0.3, 0.4) is 0 Å². The number of hydrogen-bond donors (Lipinski definition) is 3. The van der Waals surface area contributed by atoms with Crippen LogP contribution in [0.5, 0.6) is 0 Å². The second kappa shape index (κ2) is 5.93. The van der Waals surface area contributed by atoms with E-state index in [9.17, 15) is 10.1 Å². The topological polar surface area (TPSA) is 119 Å². The van der Waals surface area contributed by atoms with Crippen LogP contribution in [0.15, 0.2) is 30.5 Å². The Morgan fingerprint density at radius 2 is 2.15 bits per heavy atom. The van der Waals surface area contributed by atoms with E-state index in [0.717, 1.165) is 11.3 Å². The van der Waals surface area contributed by atoms with E-state index in [4.69, 9.17) is 5.84 Å². The number of rotatable bonds is 5. The van der Waals surface area contributed by atoms with E-state index >= 15 is 0 Å². The molecule has 0 saturated heterocycles. The number of aryl methyl sites for hydroxylation is 1. The Kier molecular flexibility index (Phi) is 4.06. The third kappa shape index (κ3) is 3.18. The molecule has 0 aliphatic rings. The van der Waals surface area contributed by atoms with Crippen molar-refractivity contribution in [3.05, 3.63) is 51.8 Å². The van der Waals surface area contributed by atoms with Crippen LogP contribution in [0.4, 0.5) is 17.3 Å². The average molecular weight is 274 g/mol. The third-order valence-electron chi connectivity index (χ3n) is 2.65. The molecular formula is C12H14N6O2.